The molecule has 0 aliphatic heterocycles. The second-order valence-corrected chi connectivity index (χ2v) is 5.26. The third-order valence-corrected chi connectivity index (χ3v) is 2.54. The van der Waals surface area contributed by atoms with Crippen LogP contribution >= 0.6 is 0 Å². The van der Waals surface area contributed by atoms with Gasteiger partial charge in [-0.3, -0.25) is 24.0 Å². The smallest absolute Gasteiger partial charge is 0.280 e. The van der Waals surface area contributed by atoms with Crippen LogP contribution in [0.15, 0.2) is 30.3 Å². The number of hydrogen-bond acceptors (Lipinski definition) is 5. The van der Waals surface area contributed by atoms with Crippen molar-refractivity contribution in [2.24, 2.45) is 5.41 Å². The van der Waals surface area contributed by atoms with E-state index in [4.69, 9.17) is 0 Å². The Hall–Kier alpha value is -2.43. The molecule has 0 fully saturated rings. The van der Waals surface area contributed by atoms with Gasteiger partial charge in [0.2, 0.25) is 11.6 Å². The number of hydrogen-bond donors (Lipinski definition) is 0. The zero-order valence-electron chi connectivity index (χ0n) is 11.4. The topological polar surface area (TPSA) is 85.3 Å². The zero-order chi connectivity index (χ0) is 15.5. The fourth-order valence-electron chi connectivity index (χ4n) is 1.37. The van der Waals surface area contributed by atoms with Crippen molar-refractivity contribution in [3.05, 3.63) is 35.9 Å². The molecular formula is C15H14O5. The standard InChI is InChI=1S/C15H14O5/c1-15(2,3)14(20)13(19)12(18)11(17)10(16)9-7-5-4-6-8-9/h4-8H,1-3H3. The van der Waals surface area contributed by atoms with E-state index in [1.54, 1.807) is 6.07 Å². The maximum Gasteiger partial charge on any atom is 0.280 e. The Morgan fingerprint density at radius 2 is 1.25 bits per heavy atom. The third-order valence-electron chi connectivity index (χ3n) is 2.54. The maximum atomic E-state index is 11.7. The van der Waals surface area contributed by atoms with E-state index in [9.17, 15) is 24.0 Å². The predicted octanol–water partition coefficient (Wildman–Crippen LogP) is 1.19. The molecule has 0 unspecified atom stereocenters. The molecule has 0 atom stereocenters. The summed E-state index contributed by atoms with van der Waals surface area (Å²) >= 11 is 0. The van der Waals surface area contributed by atoms with Crippen LogP contribution in [0.3, 0.4) is 0 Å². The van der Waals surface area contributed by atoms with Crippen molar-refractivity contribution in [1.29, 1.82) is 0 Å². The lowest BCUT2D eigenvalue weighted by molar-refractivity contribution is -0.149. The number of Topliss-reactive ketones (excluding diaryl/α,β-unsaturated/α-hetero) is 5. The van der Waals surface area contributed by atoms with Crippen LogP contribution in [0.25, 0.3) is 0 Å². The van der Waals surface area contributed by atoms with E-state index in [1.807, 2.05) is 0 Å². The Kier molecular flexibility index (Phi) is 4.45. The van der Waals surface area contributed by atoms with E-state index >= 15 is 0 Å². The van der Waals surface area contributed by atoms with Crippen LogP contribution in [0.5, 0.6) is 0 Å². The fraction of sp³-hybridized carbons (Fsp3) is 0.267. The summed E-state index contributed by atoms with van der Waals surface area (Å²) in [4.78, 5) is 58.2. The minimum atomic E-state index is -1.58. The van der Waals surface area contributed by atoms with Gasteiger partial charge in [0.05, 0.1) is 0 Å². The molecule has 0 heterocycles. The van der Waals surface area contributed by atoms with Crippen LogP contribution in [-0.4, -0.2) is 28.9 Å². The lowest BCUT2D eigenvalue weighted by Crippen LogP contribution is -2.39. The molecule has 1 aromatic carbocycles. The third kappa shape index (κ3) is 3.32. The normalized spacial score (nSPS) is 10.8. The molecule has 0 bridgehead atoms. The Bertz CT molecular complexity index is 590. The molecule has 104 valence electrons. The van der Waals surface area contributed by atoms with E-state index in [0.717, 1.165) is 0 Å². The summed E-state index contributed by atoms with van der Waals surface area (Å²) in [5, 5.41) is 0. The quantitative estimate of drug-likeness (QED) is 0.457. The minimum Gasteiger partial charge on any atom is -0.290 e. The molecule has 1 aromatic rings. The zero-order valence-corrected chi connectivity index (χ0v) is 11.4. The van der Waals surface area contributed by atoms with Crippen LogP contribution in [0.1, 0.15) is 31.1 Å². The SMILES string of the molecule is CC(C)(C)C(=O)C(=O)C(=O)C(=O)C(=O)c1ccccc1. The minimum absolute atomic E-state index is 0.00172. The Labute approximate surface area is 116 Å². The van der Waals surface area contributed by atoms with E-state index in [-0.39, 0.29) is 5.56 Å². The van der Waals surface area contributed by atoms with Gasteiger partial charge in [-0.25, -0.2) is 0 Å². The summed E-state index contributed by atoms with van der Waals surface area (Å²) < 4.78 is 0. The molecule has 20 heavy (non-hydrogen) atoms. The van der Waals surface area contributed by atoms with Crippen LogP contribution < -0.4 is 0 Å². The second kappa shape index (κ2) is 5.69. The summed E-state index contributed by atoms with van der Waals surface area (Å²) in [6.07, 6.45) is 0. The highest BCUT2D eigenvalue weighted by molar-refractivity contribution is 6.87. The number of benzene rings is 1. The largest absolute Gasteiger partial charge is 0.290 e. The van der Waals surface area contributed by atoms with E-state index in [2.05, 4.69) is 0 Å². The molecular weight excluding hydrogens is 260 g/mol. The van der Waals surface area contributed by atoms with Crippen molar-refractivity contribution in [3.63, 3.8) is 0 Å². The average molecular weight is 274 g/mol. The van der Waals surface area contributed by atoms with Crippen molar-refractivity contribution in [2.75, 3.05) is 0 Å². The molecule has 5 nitrogen and oxygen atoms in total. The van der Waals surface area contributed by atoms with Gasteiger partial charge >= 0.3 is 0 Å². The lowest BCUT2D eigenvalue weighted by atomic mass is 9.86. The molecule has 0 aromatic heterocycles. The first kappa shape index (κ1) is 15.6. The van der Waals surface area contributed by atoms with Crippen molar-refractivity contribution in [2.45, 2.75) is 20.8 Å². The molecule has 5 heteroatoms. The van der Waals surface area contributed by atoms with Crippen molar-refractivity contribution >= 4 is 28.9 Å². The molecule has 1 rings (SSSR count). The first-order valence-electron chi connectivity index (χ1n) is 5.93. The van der Waals surface area contributed by atoms with Gasteiger partial charge in [-0.15, -0.1) is 0 Å². The summed E-state index contributed by atoms with van der Waals surface area (Å²) in [7, 11) is 0. The summed E-state index contributed by atoms with van der Waals surface area (Å²) in [6.45, 7) is 4.35. The van der Waals surface area contributed by atoms with Gasteiger partial charge in [-0.1, -0.05) is 51.1 Å². The first-order valence-corrected chi connectivity index (χ1v) is 5.93. The molecule has 0 amide bonds. The highest BCUT2D eigenvalue weighted by atomic mass is 16.2. The molecule has 0 N–H and O–H groups in total. The predicted molar refractivity (Wildman–Crippen MR) is 70.3 cm³/mol. The van der Waals surface area contributed by atoms with Crippen molar-refractivity contribution in [3.8, 4) is 0 Å². The van der Waals surface area contributed by atoms with Crippen LogP contribution in [0.2, 0.25) is 0 Å². The highest BCUT2D eigenvalue weighted by Crippen LogP contribution is 2.15. The molecule has 0 saturated carbocycles. The van der Waals surface area contributed by atoms with E-state index in [1.165, 1.54) is 45.0 Å². The molecule has 0 aliphatic rings. The Morgan fingerprint density at radius 3 is 1.70 bits per heavy atom. The average Bonchev–Trinajstić information content (AvgIpc) is 2.43. The number of carbonyl (C=O) groups excluding carboxylic acids is 5. The van der Waals surface area contributed by atoms with Crippen molar-refractivity contribution < 1.29 is 24.0 Å². The summed E-state index contributed by atoms with van der Waals surface area (Å²) in [6, 6.07) is 7.38. The summed E-state index contributed by atoms with van der Waals surface area (Å²) in [5.74, 6) is -6.60. The maximum absolute atomic E-state index is 11.7. The molecule has 0 aliphatic carbocycles. The van der Waals surface area contributed by atoms with Gasteiger partial charge < -0.3 is 0 Å². The van der Waals surface area contributed by atoms with Crippen LogP contribution in [0, 0.1) is 5.41 Å². The van der Waals surface area contributed by atoms with Crippen LogP contribution in [0.4, 0.5) is 0 Å². The summed E-state index contributed by atoms with van der Waals surface area (Å²) in [5.41, 5.74) is -1.08. The van der Waals surface area contributed by atoms with Gasteiger partial charge in [0, 0.05) is 11.0 Å². The molecule has 0 saturated heterocycles. The van der Waals surface area contributed by atoms with Crippen molar-refractivity contribution in [1.82, 2.24) is 0 Å². The number of rotatable bonds is 5. The number of ketones is 5. The van der Waals surface area contributed by atoms with E-state index in [0.29, 0.717) is 0 Å². The van der Waals surface area contributed by atoms with Gasteiger partial charge in [0.15, 0.2) is 0 Å². The van der Waals surface area contributed by atoms with Gasteiger partial charge in [-0.05, 0) is 0 Å². The number of carbonyl (C=O) groups is 5. The van der Waals surface area contributed by atoms with E-state index < -0.39 is 34.3 Å². The van der Waals surface area contributed by atoms with Gasteiger partial charge in [0.1, 0.15) is 0 Å². The van der Waals surface area contributed by atoms with Crippen LogP contribution in [-0.2, 0) is 19.2 Å². The van der Waals surface area contributed by atoms with Gasteiger partial charge in [0.25, 0.3) is 17.3 Å². The monoisotopic (exact) mass is 274 g/mol. The second-order valence-electron chi connectivity index (χ2n) is 5.26. The lowest BCUT2D eigenvalue weighted by Gasteiger charge is -2.13. The first-order chi connectivity index (χ1) is 9.16. The molecule has 0 spiro atoms. The van der Waals surface area contributed by atoms with Gasteiger partial charge in [-0.2, -0.15) is 0 Å². The Morgan fingerprint density at radius 1 is 0.750 bits per heavy atom. The molecule has 0 radical (unpaired) electrons. The highest BCUT2D eigenvalue weighted by Gasteiger charge is 2.38. The fourth-order valence-corrected chi connectivity index (χ4v) is 1.37. The Balaban J connectivity index is 2.94.